The van der Waals surface area contributed by atoms with E-state index < -0.39 is 0 Å². The van der Waals surface area contributed by atoms with Crippen LogP contribution in [0.3, 0.4) is 0 Å². The number of para-hydroxylation sites is 4. The van der Waals surface area contributed by atoms with Crippen LogP contribution >= 0.6 is 0 Å². The molecule has 318 valence electrons. The fraction of sp³-hybridized carbons (Fsp3) is 0.180. The molecule has 0 radical (unpaired) electrons. The Morgan fingerprint density at radius 3 is 1.51 bits per heavy atom. The van der Waals surface area contributed by atoms with E-state index in [0.717, 1.165) is 73.1 Å². The minimum absolute atomic E-state index is 0.0567. The predicted molar refractivity (Wildman–Crippen MR) is 272 cm³/mol. The van der Waals surface area contributed by atoms with E-state index in [-0.39, 0.29) is 17.8 Å². The van der Waals surface area contributed by atoms with Gasteiger partial charge in [-0.2, -0.15) is 0 Å². The number of hydrogen-bond acceptors (Lipinski definition) is 4. The highest BCUT2D eigenvalue weighted by Crippen LogP contribution is 2.55. The molecule has 3 aliphatic carbocycles. The van der Waals surface area contributed by atoms with E-state index in [0.29, 0.717) is 11.8 Å². The molecule has 2 aromatic heterocycles. The summed E-state index contributed by atoms with van der Waals surface area (Å²) in [6.45, 7) is 11.5. The molecule has 4 heteroatoms. The van der Waals surface area contributed by atoms with Gasteiger partial charge in [0.2, 0.25) is 0 Å². The molecule has 0 fully saturated rings. The molecule has 3 unspecified atom stereocenters. The highest BCUT2D eigenvalue weighted by atomic mass is 16.3. The Morgan fingerprint density at radius 2 is 0.969 bits per heavy atom. The van der Waals surface area contributed by atoms with Crippen molar-refractivity contribution in [2.75, 3.05) is 9.80 Å². The highest BCUT2D eigenvalue weighted by molar-refractivity contribution is 6.12. The molecule has 0 saturated carbocycles. The molecule has 2 heterocycles. The summed E-state index contributed by atoms with van der Waals surface area (Å²) in [5.74, 6) is 1.31. The van der Waals surface area contributed by atoms with Gasteiger partial charge < -0.3 is 18.6 Å². The average molecular weight is 845 g/mol. The van der Waals surface area contributed by atoms with Crippen molar-refractivity contribution in [2.24, 2.45) is 11.8 Å². The number of anilines is 3. The Kier molecular flexibility index (Phi) is 9.34. The molecule has 0 aliphatic heterocycles. The van der Waals surface area contributed by atoms with Crippen molar-refractivity contribution in [3.05, 3.63) is 221 Å². The first-order valence-corrected chi connectivity index (χ1v) is 23.4. The fourth-order valence-corrected chi connectivity index (χ4v) is 11.0. The van der Waals surface area contributed by atoms with Gasteiger partial charge in [0.25, 0.3) is 0 Å². The van der Waals surface area contributed by atoms with Crippen molar-refractivity contribution in [1.29, 1.82) is 0 Å². The number of furan rings is 2. The zero-order valence-electron chi connectivity index (χ0n) is 37.6. The molecule has 0 saturated heterocycles. The minimum Gasteiger partial charge on any atom is -0.454 e. The summed E-state index contributed by atoms with van der Waals surface area (Å²) in [5, 5.41) is 4.50. The molecular formula is C61H52N2O2. The number of fused-ring (bicyclic) bond motifs is 11. The van der Waals surface area contributed by atoms with E-state index in [1.165, 1.54) is 44.8 Å². The molecule has 65 heavy (non-hydrogen) atoms. The van der Waals surface area contributed by atoms with Crippen molar-refractivity contribution in [3.8, 4) is 0 Å². The van der Waals surface area contributed by atoms with Crippen LogP contribution in [0.4, 0.5) is 17.1 Å². The van der Waals surface area contributed by atoms with Crippen molar-refractivity contribution in [1.82, 2.24) is 0 Å². The van der Waals surface area contributed by atoms with Crippen LogP contribution in [0.2, 0.25) is 0 Å². The van der Waals surface area contributed by atoms with E-state index in [9.17, 15) is 0 Å². The molecular weight excluding hydrogens is 793 g/mol. The largest absolute Gasteiger partial charge is 0.454 e. The lowest BCUT2D eigenvalue weighted by Gasteiger charge is -2.43. The Balaban J connectivity index is 1.09. The van der Waals surface area contributed by atoms with Crippen LogP contribution in [0.15, 0.2) is 202 Å². The van der Waals surface area contributed by atoms with Gasteiger partial charge in [0.1, 0.15) is 11.2 Å². The number of allylic oxidation sites excluding steroid dienone is 6. The topological polar surface area (TPSA) is 32.8 Å². The number of rotatable bonds is 8. The van der Waals surface area contributed by atoms with Gasteiger partial charge >= 0.3 is 0 Å². The van der Waals surface area contributed by atoms with E-state index >= 15 is 0 Å². The van der Waals surface area contributed by atoms with Gasteiger partial charge in [-0.1, -0.05) is 180 Å². The highest BCUT2D eigenvalue weighted by Gasteiger charge is 2.40. The second kappa shape index (κ2) is 15.5. The van der Waals surface area contributed by atoms with Crippen LogP contribution in [-0.4, -0.2) is 0 Å². The normalized spacial score (nSPS) is 18.0. The summed E-state index contributed by atoms with van der Waals surface area (Å²) in [6.07, 6.45) is 10.9. The number of hydrogen-bond donors (Lipinski definition) is 0. The second-order valence-corrected chi connectivity index (χ2v) is 18.8. The van der Waals surface area contributed by atoms with E-state index in [2.05, 4.69) is 226 Å². The van der Waals surface area contributed by atoms with Crippen molar-refractivity contribution < 1.29 is 8.83 Å². The number of benzene rings is 7. The zero-order valence-corrected chi connectivity index (χ0v) is 37.6. The van der Waals surface area contributed by atoms with Gasteiger partial charge in [-0.15, -0.1) is 0 Å². The quantitative estimate of drug-likeness (QED) is 0.153. The third-order valence-electron chi connectivity index (χ3n) is 14.3. The van der Waals surface area contributed by atoms with Crippen molar-refractivity contribution in [3.63, 3.8) is 0 Å². The fourth-order valence-electron chi connectivity index (χ4n) is 11.0. The van der Waals surface area contributed by atoms with Gasteiger partial charge in [0.05, 0.1) is 22.8 Å². The van der Waals surface area contributed by atoms with Crippen molar-refractivity contribution >= 4 is 72.3 Å². The first-order chi connectivity index (χ1) is 31.8. The van der Waals surface area contributed by atoms with Crippen LogP contribution in [0.5, 0.6) is 0 Å². The second-order valence-electron chi connectivity index (χ2n) is 18.8. The lowest BCUT2D eigenvalue weighted by molar-refractivity contribution is 0.588. The first kappa shape index (κ1) is 39.3. The van der Waals surface area contributed by atoms with E-state index in [1.807, 2.05) is 0 Å². The summed E-state index contributed by atoms with van der Waals surface area (Å²) in [4.78, 5) is 5.00. The summed E-state index contributed by atoms with van der Waals surface area (Å²) in [7, 11) is 0. The summed E-state index contributed by atoms with van der Waals surface area (Å²) < 4.78 is 13.7. The SMILES string of the molecule is CC(C)C1=CC=C(N(C2=CC3c4ccccc4C(N(c4ccc(C(C)C)cc4)c4cccc5c4oc4ccccc45)=CC3c3ccccc32)c2cccc3c2oc2ccccc23)C(C)C1. The zero-order chi connectivity index (χ0) is 43.9. The predicted octanol–water partition coefficient (Wildman–Crippen LogP) is 17.0. The third-order valence-corrected chi connectivity index (χ3v) is 14.3. The van der Waals surface area contributed by atoms with Crippen LogP contribution in [0.25, 0.3) is 55.3 Å². The van der Waals surface area contributed by atoms with Crippen LogP contribution in [-0.2, 0) is 0 Å². The Hall–Kier alpha value is -7.30. The maximum Gasteiger partial charge on any atom is 0.159 e. The van der Waals surface area contributed by atoms with Crippen molar-refractivity contribution in [2.45, 2.75) is 58.8 Å². The smallest absolute Gasteiger partial charge is 0.159 e. The Bertz CT molecular complexity index is 3460. The Labute approximate surface area is 381 Å². The lowest BCUT2D eigenvalue weighted by atomic mass is 9.69. The van der Waals surface area contributed by atoms with E-state index in [4.69, 9.17) is 8.83 Å². The summed E-state index contributed by atoms with van der Waals surface area (Å²) in [6, 6.07) is 57.4. The molecule has 0 spiro atoms. The van der Waals surface area contributed by atoms with Crippen LogP contribution in [0.1, 0.15) is 86.6 Å². The number of nitrogens with zero attached hydrogens (tertiary/aromatic N) is 2. The van der Waals surface area contributed by atoms with Gasteiger partial charge in [-0.3, -0.25) is 0 Å². The lowest BCUT2D eigenvalue weighted by Crippen LogP contribution is -2.31. The first-order valence-electron chi connectivity index (χ1n) is 23.4. The molecule has 3 atom stereocenters. The van der Waals surface area contributed by atoms with Gasteiger partial charge in [-0.05, 0) is 77.4 Å². The minimum atomic E-state index is 0.0567. The molecule has 4 nitrogen and oxygen atoms in total. The molecule has 7 aromatic carbocycles. The molecule has 9 aromatic rings. The van der Waals surface area contributed by atoms with Crippen LogP contribution in [0, 0.1) is 11.8 Å². The third kappa shape index (κ3) is 6.33. The van der Waals surface area contributed by atoms with Crippen LogP contribution < -0.4 is 9.80 Å². The van der Waals surface area contributed by atoms with Gasteiger partial charge in [0, 0.05) is 61.8 Å². The van der Waals surface area contributed by atoms with E-state index in [1.54, 1.807) is 0 Å². The standard InChI is InChI=1S/C61H52N2O2/c1-37(2)40-28-31-42(32-29-40)62(54-24-14-22-49-47-20-10-12-26-58(47)64-60(49)54)56-35-51-44-17-7-9-19-46(44)57(36-52(51)43-16-6-8-18-45(43)56)63(53-33-30-41(38(3)4)34-39(53)5)55-25-15-23-50-48-21-11-13-27-59(48)65-61(50)55/h6-33,35-39,51-52H,34H2,1-5H3. The summed E-state index contributed by atoms with van der Waals surface area (Å²) in [5.41, 5.74) is 18.2. The van der Waals surface area contributed by atoms with Gasteiger partial charge in [-0.25, -0.2) is 0 Å². The summed E-state index contributed by atoms with van der Waals surface area (Å²) >= 11 is 0. The molecule has 0 N–H and O–H groups in total. The monoisotopic (exact) mass is 844 g/mol. The average Bonchev–Trinajstić information content (AvgIpc) is 3.92. The maximum absolute atomic E-state index is 6.85. The molecule has 0 amide bonds. The maximum atomic E-state index is 6.85. The molecule has 3 aliphatic rings. The van der Waals surface area contributed by atoms with Gasteiger partial charge in [0.15, 0.2) is 11.2 Å². The molecule has 12 rings (SSSR count). The molecule has 0 bridgehead atoms. The Morgan fingerprint density at radius 1 is 0.477 bits per heavy atom.